The lowest BCUT2D eigenvalue weighted by Gasteiger charge is -2.18. The highest BCUT2D eigenvalue weighted by molar-refractivity contribution is 7.90. The SMILES string of the molecule is CC(NC(=O)CN1C(=O)c2ccccc2S1(=O)=O)c1ccc(-c2ccccc2)cc1. The Morgan fingerprint density at radius 1 is 0.900 bits per heavy atom. The molecule has 30 heavy (non-hydrogen) atoms. The molecule has 4 rings (SSSR count). The molecule has 1 atom stereocenters. The van der Waals surface area contributed by atoms with E-state index in [1.165, 1.54) is 12.1 Å². The third-order valence-electron chi connectivity index (χ3n) is 5.09. The summed E-state index contributed by atoms with van der Waals surface area (Å²) in [7, 11) is -4.00. The summed E-state index contributed by atoms with van der Waals surface area (Å²) in [6.07, 6.45) is 0. The summed E-state index contributed by atoms with van der Waals surface area (Å²) >= 11 is 0. The van der Waals surface area contributed by atoms with Crippen molar-refractivity contribution in [1.29, 1.82) is 0 Å². The van der Waals surface area contributed by atoms with Crippen molar-refractivity contribution in [2.75, 3.05) is 6.54 Å². The summed E-state index contributed by atoms with van der Waals surface area (Å²) in [5.41, 5.74) is 3.12. The van der Waals surface area contributed by atoms with Gasteiger partial charge in [0.1, 0.15) is 11.4 Å². The van der Waals surface area contributed by atoms with E-state index in [0.717, 1.165) is 16.7 Å². The van der Waals surface area contributed by atoms with Crippen molar-refractivity contribution in [2.45, 2.75) is 17.9 Å². The molecule has 0 saturated carbocycles. The Kier molecular flexibility index (Phi) is 5.13. The molecular weight excluding hydrogens is 400 g/mol. The van der Waals surface area contributed by atoms with E-state index in [2.05, 4.69) is 5.32 Å². The molecule has 0 fully saturated rings. The monoisotopic (exact) mass is 420 g/mol. The van der Waals surface area contributed by atoms with Gasteiger partial charge in [0.05, 0.1) is 11.6 Å². The number of amides is 2. The first-order valence-corrected chi connectivity index (χ1v) is 10.9. The molecule has 1 N–H and O–H groups in total. The number of rotatable bonds is 5. The fraction of sp³-hybridized carbons (Fsp3) is 0.130. The number of hydrogen-bond acceptors (Lipinski definition) is 4. The van der Waals surface area contributed by atoms with Crippen molar-refractivity contribution < 1.29 is 18.0 Å². The van der Waals surface area contributed by atoms with Crippen molar-refractivity contribution in [3.63, 3.8) is 0 Å². The van der Waals surface area contributed by atoms with Crippen LogP contribution >= 0.6 is 0 Å². The maximum absolute atomic E-state index is 12.6. The van der Waals surface area contributed by atoms with E-state index in [9.17, 15) is 18.0 Å². The molecule has 0 bridgehead atoms. The molecule has 1 heterocycles. The lowest BCUT2D eigenvalue weighted by molar-refractivity contribution is -0.121. The van der Waals surface area contributed by atoms with Crippen LogP contribution in [0.3, 0.4) is 0 Å². The zero-order chi connectivity index (χ0) is 21.3. The van der Waals surface area contributed by atoms with E-state index in [1.807, 2.05) is 61.5 Å². The lowest BCUT2D eigenvalue weighted by Crippen LogP contribution is -2.41. The average molecular weight is 420 g/mol. The van der Waals surface area contributed by atoms with Gasteiger partial charge in [0, 0.05) is 0 Å². The van der Waals surface area contributed by atoms with E-state index in [0.29, 0.717) is 4.31 Å². The molecule has 3 aromatic carbocycles. The highest BCUT2D eigenvalue weighted by Gasteiger charge is 2.41. The van der Waals surface area contributed by atoms with Gasteiger partial charge in [-0.15, -0.1) is 0 Å². The molecule has 0 radical (unpaired) electrons. The van der Waals surface area contributed by atoms with Crippen LogP contribution in [0.25, 0.3) is 11.1 Å². The predicted octanol–water partition coefficient (Wildman–Crippen LogP) is 3.38. The second-order valence-corrected chi connectivity index (χ2v) is 8.92. The van der Waals surface area contributed by atoms with Crippen LogP contribution in [-0.2, 0) is 14.8 Å². The molecule has 1 unspecified atom stereocenters. The fourth-order valence-electron chi connectivity index (χ4n) is 3.48. The maximum Gasteiger partial charge on any atom is 0.269 e. The van der Waals surface area contributed by atoms with E-state index in [4.69, 9.17) is 0 Å². The van der Waals surface area contributed by atoms with Gasteiger partial charge in [-0.1, -0.05) is 66.7 Å². The first-order valence-electron chi connectivity index (χ1n) is 9.49. The highest BCUT2D eigenvalue weighted by atomic mass is 32.2. The molecule has 1 aliphatic rings. The number of fused-ring (bicyclic) bond motifs is 1. The first-order chi connectivity index (χ1) is 14.4. The Balaban J connectivity index is 1.44. The number of carbonyl (C=O) groups is 2. The second-order valence-electron chi connectivity index (χ2n) is 7.09. The van der Waals surface area contributed by atoms with Gasteiger partial charge < -0.3 is 5.32 Å². The Hall–Kier alpha value is -3.45. The van der Waals surface area contributed by atoms with Crippen molar-refractivity contribution >= 4 is 21.8 Å². The van der Waals surface area contributed by atoms with Crippen molar-refractivity contribution in [2.24, 2.45) is 0 Å². The molecule has 6 nitrogen and oxygen atoms in total. The summed E-state index contributed by atoms with van der Waals surface area (Å²) in [5.74, 6) is -1.22. The van der Waals surface area contributed by atoms with Gasteiger partial charge >= 0.3 is 0 Å². The number of hydrogen-bond donors (Lipinski definition) is 1. The molecule has 2 amide bonds. The maximum atomic E-state index is 12.6. The minimum Gasteiger partial charge on any atom is -0.348 e. The smallest absolute Gasteiger partial charge is 0.269 e. The topological polar surface area (TPSA) is 83.6 Å². The Labute approximate surface area is 175 Å². The van der Waals surface area contributed by atoms with Crippen LogP contribution in [-0.4, -0.2) is 31.1 Å². The number of nitrogens with one attached hydrogen (secondary N) is 1. The molecule has 0 aliphatic carbocycles. The van der Waals surface area contributed by atoms with Crippen LogP contribution in [0.2, 0.25) is 0 Å². The van der Waals surface area contributed by atoms with Gasteiger partial charge in [0.2, 0.25) is 5.91 Å². The largest absolute Gasteiger partial charge is 0.348 e. The molecule has 152 valence electrons. The van der Waals surface area contributed by atoms with E-state index in [1.54, 1.807) is 12.1 Å². The number of carbonyl (C=O) groups excluding carboxylic acids is 2. The predicted molar refractivity (Wildman–Crippen MR) is 113 cm³/mol. The van der Waals surface area contributed by atoms with Crippen LogP contribution in [0.4, 0.5) is 0 Å². The summed E-state index contributed by atoms with van der Waals surface area (Å²) in [6.45, 7) is 1.26. The average Bonchev–Trinajstić information content (AvgIpc) is 2.95. The van der Waals surface area contributed by atoms with Crippen molar-refractivity contribution in [3.8, 4) is 11.1 Å². The zero-order valence-corrected chi connectivity index (χ0v) is 17.1. The van der Waals surface area contributed by atoms with E-state index in [-0.39, 0.29) is 16.5 Å². The van der Waals surface area contributed by atoms with Gasteiger partial charge in [-0.05, 0) is 35.7 Å². The molecule has 7 heteroatoms. The van der Waals surface area contributed by atoms with Crippen LogP contribution in [0.5, 0.6) is 0 Å². The standard InChI is InChI=1S/C23H20N2O4S/c1-16(17-11-13-19(14-12-17)18-7-3-2-4-8-18)24-22(26)15-25-23(27)20-9-5-6-10-21(20)30(25,28)29/h2-14,16H,15H2,1H3,(H,24,26). The third-order valence-corrected chi connectivity index (χ3v) is 6.88. The van der Waals surface area contributed by atoms with Crippen molar-refractivity contribution in [1.82, 2.24) is 9.62 Å². The minimum absolute atomic E-state index is 0.0626. The molecule has 1 aliphatic heterocycles. The summed E-state index contributed by atoms with van der Waals surface area (Å²) in [4.78, 5) is 24.9. The van der Waals surface area contributed by atoms with Crippen LogP contribution in [0.1, 0.15) is 28.9 Å². The number of benzene rings is 3. The van der Waals surface area contributed by atoms with Gasteiger partial charge in [0.15, 0.2) is 0 Å². The summed E-state index contributed by atoms with van der Waals surface area (Å²) in [6, 6.07) is 23.3. The number of sulfonamides is 1. The van der Waals surface area contributed by atoms with Crippen LogP contribution in [0, 0.1) is 0 Å². The summed E-state index contributed by atoms with van der Waals surface area (Å²) in [5, 5.41) is 2.77. The lowest BCUT2D eigenvalue weighted by atomic mass is 10.0. The van der Waals surface area contributed by atoms with Gasteiger partial charge in [-0.3, -0.25) is 9.59 Å². The van der Waals surface area contributed by atoms with E-state index < -0.39 is 28.4 Å². The number of nitrogens with zero attached hydrogens (tertiary/aromatic N) is 1. The van der Waals surface area contributed by atoms with E-state index >= 15 is 0 Å². The Bertz CT molecular complexity index is 1210. The minimum atomic E-state index is -4.00. The van der Waals surface area contributed by atoms with Gasteiger partial charge in [-0.2, -0.15) is 0 Å². The normalized spacial score (nSPS) is 15.5. The van der Waals surface area contributed by atoms with Gasteiger partial charge in [0.25, 0.3) is 15.9 Å². The first kappa shape index (κ1) is 19.8. The molecule has 3 aromatic rings. The second kappa shape index (κ2) is 7.76. The van der Waals surface area contributed by atoms with Crippen LogP contribution < -0.4 is 5.32 Å². The van der Waals surface area contributed by atoms with Gasteiger partial charge in [-0.25, -0.2) is 12.7 Å². The highest BCUT2D eigenvalue weighted by Crippen LogP contribution is 2.29. The molecule has 0 aromatic heterocycles. The molecule has 0 saturated heterocycles. The Morgan fingerprint density at radius 2 is 1.50 bits per heavy atom. The third kappa shape index (κ3) is 3.59. The van der Waals surface area contributed by atoms with Crippen molar-refractivity contribution in [3.05, 3.63) is 90.0 Å². The summed E-state index contributed by atoms with van der Waals surface area (Å²) < 4.78 is 25.8. The fourth-order valence-corrected chi connectivity index (χ4v) is 5.01. The quantitative estimate of drug-likeness (QED) is 0.686. The molecular formula is C23H20N2O4S. The van der Waals surface area contributed by atoms with Crippen LogP contribution in [0.15, 0.2) is 83.8 Å². The Morgan fingerprint density at radius 3 is 2.17 bits per heavy atom. The molecule has 0 spiro atoms. The zero-order valence-electron chi connectivity index (χ0n) is 16.3.